The van der Waals surface area contributed by atoms with Gasteiger partial charge in [-0.25, -0.2) is 4.98 Å². The second-order valence-electron chi connectivity index (χ2n) is 10.1. The van der Waals surface area contributed by atoms with E-state index in [9.17, 15) is 4.79 Å². The van der Waals surface area contributed by atoms with E-state index in [4.69, 9.17) is 16.1 Å². The molecule has 3 unspecified atom stereocenters. The molecule has 7 heteroatoms. The van der Waals surface area contributed by atoms with E-state index in [0.29, 0.717) is 30.1 Å². The molecule has 0 spiro atoms. The Bertz CT molecular complexity index is 1010. The number of nitrogens with two attached hydrogens (primary N) is 1. The lowest BCUT2D eigenvalue weighted by Gasteiger charge is -2.39. The SMILES string of the molecule is CC1CCCC(C)N1CCCCCn1c(=O)c(CC2CCN(C(=N)N)C2)nc2ccccc21. The summed E-state index contributed by atoms with van der Waals surface area (Å²) in [6.45, 7) is 8.14. The van der Waals surface area contributed by atoms with Crippen molar-refractivity contribution in [2.45, 2.75) is 83.8 Å². The minimum absolute atomic E-state index is 0.0493. The fraction of sp³-hybridized carbons (Fsp3) is 0.654. The highest BCUT2D eigenvalue weighted by atomic mass is 16.1. The van der Waals surface area contributed by atoms with Crippen LogP contribution in [0, 0.1) is 11.3 Å². The molecule has 0 radical (unpaired) electrons. The number of rotatable bonds is 8. The van der Waals surface area contributed by atoms with Gasteiger partial charge in [-0.05, 0) is 77.0 Å². The van der Waals surface area contributed by atoms with Crippen LogP contribution in [0.3, 0.4) is 0 Å². The average molecular weight is 453 g/mol. The van der Waals surface area contributed by atoms with Crippen molar-refractivity contribution < 1.29 is 0 Å². The molecule has 0 saturated carbocycles. The Kier molecular flexibility index (Phi) is 7.68. The summed E-state index contributed by atoms with van der Waals surface area (Å²) in [4.78, 5) is 22.7. The lowest BCUT2D eigenvalue weighted by atomic mass is 9.97. The summed E-state index contributed by atoms with van der Waals surface area (Å²) in [5, 5.41) is 7.66. The van der Waals surface area contributed by atoms with Crippen molar-refractivity contribution in [3.63, 3.8) is 0 Å². The van der Waals surface area contributed by atoms with Crippen molar-refractivity contribution in [1.82, 2.24) is 19.4 Å². The van der Waals surface area contributed by atoms with E-state index in [1.807, 2.05) is 33.7 Å². The smallest absolute Gasteiger partial charge is 0.272 e. The zero-order valence-electron chi connectivity index (χ0n) is 20.3. The molecule has 3 N–H and O–H groups in total. The summed E-state index contributed by atoms with van der Waals surface area (Å²) in [6, 6.07) is 9.37. The zero-order chi connectivity index (χ0) is 23.4. The first-order valence-electron chi connectivity index (χ1n) is 12.8. The molecule has 3 atom stereocenters. The number of para-hydroxylation sites is 2. The Balaban J connectivity index is 1.40. The molecule has 180 valence electrons. The predicted molar refractivity (Wildman–Crippen MR) is 135 cm³/mol. The maximum Gasteiger partial charge on any atom is 0.272 e. The fourth-order valence-electron chi connectivity index (χ4n) is 5.75. The third-order valence-corrected chi connectivity index (χ3v) is 7.70. The molecule has 2 aliphatic heterocycles. The summed E-state index contributed by atoms with van der Waals surface area (Å²) < 4.78 is 1.95. The topological polar surface area (TPSA) is 91.2 Å². The van der Waals surface area contributed by atoms with Gasteiger partial charge in [0.05, 0.1) is 11.0 Å². The van der Waals surface area contributed by atoms with Gasteiger partial charge in [0.1, 0.15) is 5.69 Å². The average Bonchev–Trinajstić information content (AvgIpc) is 3.26. The largest absolute Gasteiger partial charge is 0.370 e. The van der Waals surface area contributed by atoms with E-state index in [1.54, 1.807) is 0 Å². The second-order valence-corrected chi connectivity index (χ2v) is 10.1. The van der Waals surface area contributed by atoms with E-state index < -0.39 is 0 Å². The highest BCUT2D eigenvalue weighted by Gasteiger charge is 2.26. The first-order valence-corrected chi connectivity index (χ1v) is 12.8. The van der Waals surface area contributed by atoms with Gasteiger partial charge in [-0.1, -0.05) is 25.0 Å². The molecule has 1 aromatic carbocycles. The first kappa shape index (κ1) is 23.7. The Morgan fingerprint density at radius 3 is 2.55 bits per heavy atom. The number of piperidine rings is 1. The first-order chi connectivity index (χ1) is 15.9. The fourth-order valence-corrected chi connectivity index (χ4v) is 5.75. The molecule has 0 bridgehead atoms. The highest BCUT2D eigenvalue weighted by Crippen LogP contribution is 2.23. The van der Waals surface area contributed by atoms with Crippen molar-refractivity contribution in [2.75, 3.05) is 19.6 Å². The van der Waals surface area contributed by atoms with Gasteiger partial charge in [0.25, 0.3) is 5.56 Å². The number of likely N-dealkylation sites (tertiary alicyclic amines) is 2. The molecule has 2 saturated heterocycles. The Morgan fingerprint density at radius 1 is 1.09 bits per heavy atom. The zero-order valence-corrected chi connectivity index (χ0v) is 20.3. The van der Waals surface area contributed by atoms with Gasteiger partial charge >= 0.3 is 0 Å². The molecule has 0 amide bonds. The van der Waals surface area contributed by atoms with E-state index in [0.717, 1.165) is 56.5 Å². The van der Waals surface area contributed by atoms with Crippen molar-refractivity contribution in [2.24, 2.45) is 11.7 Å². The predicted octanol–water partition coefficient (Wildman–Crippen LogP) is 3.59. The van der Waals surface area contributed by atoms with Crippen LogP contribution in [0.5, 0.6) is 0 Å². The number of aromatic nitrogens is 2. The third-order valence-electron chi connectivity index (χ3n) is 7.70. The van der Waals surface area contributed by atoms with Crippen molar-refractivity contribution in [3.8, 4) is 0 Å². The van der Waals surface area contributed by atoms with E-state index in [2.05, 4.69) is 18.7 Å². The molecule has 1 aromatic heterocycles. The minimum atomic E-state index is 0.0493. The van der Waals surface area contributed by atoms with Crippen LogP contribution in [-0.4, -0.2) is 57.0 Å². The van der Waals surface area contributed by atoms with Gasteiger partial charge in [0.15, 0.2) is 5.96 Å². The molecule has 2 fully saturated rings. The van der Waals surface area contributed by atoms with Crippen LogP contribution >= 0.6 is 0 Å². The number of guanidine groups is 1. The molecule has 0 aliphatic carbocycles. The maximum absolute atomic E-state index is 13.4. The molecule has 3 heterocycles. The minimum Gasteiger partial charge on any atom is -0.370 e. The van der Waals surface area contributed by atoms with Gasteiger partial charge in [-0.3, -0.25) is 15.1 Å². The van der Waals surface area contributed by atoms with Crippen LogP contribution in [-0.2, 0) is 13.0 Å². The summed E-state index contributed by atoms with van der Waals surface area (Å²) in [7, 11) is 0. The van der Waals surface area contributed by atoms with Gasteiger partial charge in [-0.2, -0.15) is 0 Å². The van der Waals surface area contributed by atoms with Gasteiger partial charge in [0.2, 0.25) is 0 Å². The molecular formula is C26H40N6O. The number of nitrogens with zero attached hydrogens (tertiary/aromatic N) is 4. The van der Waals surface area contributed by atoms with Gasteiger partial charge in [-0.15, -0.1) is 0 Å². The number of nitrogens with one attached hydrogen (secondary N) is 1. The molecule has 33 heavy (non-hydrogen) atoms. The maximum atomic E-state index is 13.4. The molecule has 2 aliphatic rings. The number of hydrogen-bond donors (Lipinski definition) is 2. The monoisotopic (exact) mass is 452 g/mol. The van der Waals surface area contributed by atoms with Gasteiger partial charge in [0, 0.05) is 31.7 Å². The second kappa shape index (κ2) is 10.7. The van der Waals surface area contributed by atoms with Crippen LogP contribution < -0.4 is 11.3 Å². The van der Waals surface area contributed by atoms with E-state index in [-0.39, 0.29) is 11.5 Å². The summed E-state index contributed by atoms with van der Waals surface area (Å²) in [6.07, 6.45) is 8.90. The van der Waals surface area contributed by atoms with Crippen molar-refractivity contribution >= 4 is 17.0 Å². The van der Waals surface area contributed by atoms with Crippen LogP contribution in [0.1, 0.15) is 64.5 Å². The van der Waals surface area contributed by atoms with E-state index in [1.165, 1.54) is 25.7 Å². The Morgan fingerprint density at radius 2 is 1.82 bits per heavy atom. The molecular weight excluding hydrogens is 412 g/mol. The Labute approximate surface area is 197 Å². The third kappa shape index (κ3) is 5.57. The molecule has 2 aromatic rings. The number of fused-ring (bicyclic) bond motifs is 1. The van der Waals surface area contributed by atoms with E-state index >= 15 is 0 Å². The van der Waals surface area contributed by atoms with Crippen LogP contribution in [0.4, 0.5) is 0 Å². The number of benzene rings is 1. The highest BCUT2D eigenvalue weighted by molar-refractivity contribution is 5.75. The van der Waals surface area contributed by atoms with Crippen molar-refractivity contribution in [1.29, 1.82) is 5.41 Å². The van der Waals surface area contributed by atoms with Crippen LogP contribution in [0.25, 0.3) is 11.0 Å². The van der Waals surface area contributed by atoms with Crippen molar-refractivity contribution in [3.05, 3.63) is 40.3 Å². The summed E-state index contributed by atoms with van der Waals surface area (Å²) >= 11 is 0. The number of aryl methyl sites for hydroxylation is 1. The lowest BCUT2D eigenvalue weighted by Crippen LogP contribution is -2.44. The standard InChI is InChI=1S/C26H40N6O/c1-19-9-8-10-20(2)31(19)14-6-3-7-15-32-24-12-5-4-11-22(24)29-23(25(32)33)17-21-13-16-30(18-21)26(27)28/h4-5,11-12,19-21H,3,6-10,13-18H2,1-2H3,(H3,27,28). The molecule has 7 nitrogen and oxygen atoms in total. The van der Waals surface area contributed by atoms with Gasteiger partial charge < -0.3 is 15.2 Å². The molecule has 4 rings (SSSR count). The summed E-state index contributed by atoms with van der Waals surface area (Å²) in [5.74, 6) is 0.437. The normalized spacial score (nSPS) is 23.9. The lowest BCUT2D eigenvalue weighted by molar-refractivity contribution is 0.101. The number of hydrogen-bond acceptors (Lipinski definition) is 4. The summed E-state index contributed by atoms with van der Waals surface area (Å²) in [5.41, 5.74) is 8.18. The quantitative estimate of drug-likeness (QED) is 0.363. The number of unbranched alkanes of at least 4 members (excludes halogenated alkanes) is 2. The Hall–Kier alpha value is -2.41. The van der Waals surface area contributed by atoms with Crippen LogP contribution in [0.15, 0.2) is 29.1 Å². The van der Waals surface area contributed by atoms with Crippen LogP contribution in [0.2, 0.25) is 0 Å².